The number of hydrogen-bond acceptors (Lipinski definition) is 3. The molecule has 1 atom stereocenters. The molecule has 3 rings (SSSR count). The summed E-state index contributed by atoms with van der Waals surface area (Å²) in [6, 6.07) is 15.0. The SMILES string of the molecule is O=C(C[NH+](Cc1ccco1)Cc1cccs1)Nc1ccc(Cl)cc1. The second-order valence-corrected chi connectivity index (χ2v) is 6.96. The third kappa shape index (κ3) is 4.96. The largest absolute Gasteiger partial charge is 0.463 e. The number of quaternary nitrogens is 1. The highest BCUT2D eigenvalue weighted by molar-refractivity contribution is 7.09. The third-order valence-electron chi connectivity index (χ3n) is 3.55. The van der Waals surface area contributed by atoms with Gasteiger partial charge in [-0.15, -0.1) is 11.3 Å². The number of anilines is 1. The minimum absolute atomic E-state index is 0.0320. The van der Waals surface area contributed by atoms with Gasteiger partial charge in [-0.25, -0.2) is 0 Å². The van der Waals surface area contributed by atoms with Crippen LogP contribution in [-0.4, -0.2) is 12.5 Å². The summed E-state index contributed by atoms with van der Waals surface area (Å²) in [5.74, 6) is 0.844. The van der Waals surface area contributed by atoms with Crippen LogP contribution in [0, 0.1) is 0 Å². The van der Waals surface area contributed by atoms with E-state index in [1.807, 2.05) is 23.6 Å². The first-order valence-electron chi connectivity index (χ1n) is 7.63. The van der Waals surface area contributed by atoms with Gasteiger partial charge < -0.3 is 14.6 Å². The molecular formula is C18H18ClN2O2S+. The molecule has 1 aromatic carbocycles. The lowest BCUT2D eigenvalue weighted by atomic mass is 10.3. The van der Waals surface area contributed by atoms with E-state index in [0.29, 0.717) is 18.1 Å². The summed E-state index contributed by atoms with van der Waals surface area (Å²) in [7, 11) is 0. The fourth-order valence-corrected chi connectivity index (χ4v) is 3.37. The molecule has 0 aliphatic rings. The first-order valence-corrected chi connectivity index (χ1v) is 8.88. The Hall–Kier alpha value is -2.08. The number of halogens is 1. The minimum atomic E-state index is -0.0320. The van der Waals surface area contributed by atoms with E-state index in [1.54, 1.807) is 41.9 Å². The van der Waals surface area contributed by atoms with Gasteiger partial charge in [-0.05, 0) is 47.8 Å². The molecule has 0 spiro atoms. The lowest BCUT2D eigenvalue weighted by Crippen LogP contribution is -3.10. The van der Waals surface area contributed by atoms with Crippen molar-refractivity contribution >= 4 is 34.5 Å². The van der Waals surface area contributed by atoms with Crippen LogP contribution >= 0.6 is 22.9 Å². The number of rotatable bonds is 7. The van der Waals surface area contributed by atoms with E-state index in [9.17, 15) is 4.79 Å². The first-order chi connectivity index (χ1) is 11.7. The average Bonchev–Trinajstić information content (AvgIpc) is 3.23. The summed E-state index contributed by atoms with van der Waals surface area (Å²) in [5, 5.41) is 5.61. The lowest BCUT2D eigenvalue weighted by molar-refractivity contribution is -0.920. The molecule has 0 aliphatic carbocycles. The number of benzene rings is 1. The third-order valence-corrected chi connectivity index (χ3v) is 4.68. The standard InChI is InChI=1S/C18H17ClN2O2S/c19-14-5-7-15(8-6-14)20-18(22)13-21(11-16-3-1-9-23-16)12-17-4-2-10-24-17/h1-10H,11-13H2,(H,20,22)/p+1. The van der Waals surface area contributed by atoms with Crippen molar-refractivity contribution in [1.29, 1.82) is 0 Å². The predicted molar refractivity (Wildman–Crippen MR) is 96.3 cm³/mol. The van der Waals surface area contributed by atoms with Crippen LogP contribution in [0.5, 0.6) is 0 Å². The molecule has 124 valence electrons. The Morgan fingerprint density at radius 1 is 1.12 bits per heavy atom. The van der Waals surface area contributed by atoms with Gasteiger partial charge in [0.1, 0.15) is 13.1 Å². The van der Waals surface area contributed by atoms with E-state index in [0.717, 1.165) is 22.9 Å². The number of hydrogen-bond donors (Lipinski definition) is 2. The Morgan fingerprint density at radius 3 is 2.62 bits per heavy atom. The molecule has 1 amide bonds. The van der Waals surface area contributed by atoms with E-state index in [-0.39, 0.29) is 5.91 Å². The second-order valence-electron chi connectivity index (χ2n) is 5.49. The summed E-state index contributed by atoms with van der Waals surface area (Å²) >= 11 is 7.56. The zero-order valence-corrected chi connectivity index (χ0v) is 14.6. The van der Waals surface area contributed by atoms with Crippen LogP contribution in [0.2, 0.25) is 5.02 Å². The van der Waals surface area contributed by atoms with Crippen LogP contribution in [0.4, 0.5) is 5.69 Å². The van der Waals surface area contributed by atoms with Gasteiger partial charge in [-0.2, -0.15) is 0 Å². The molecule has 0 bridgehead atoms. The first kappa shape index (κ1) is 16.8. The van der Waals surface area contributed by atoms with Crippen molar-refractivity contribution in [2.75, 3.05) is 11.9 Å². The van der Waals surface area contributed by atoms with Gasteiger partial charge >= 0.3 is 0 Å². The molecule has 2 heterocycles. The van der Waals surface area contributed by atoms with Crippen molar-refractivity contribution in [2.45, 2.75) is 13.1 Å². The van der Waals surface area contributed by atoms with Gasteiger partial charge in [-0.3, -0.25) is 4.79 Å². The van der Waals surface area contributed by atoms with Gasteiger partial charge in [0.2, 0.25) is 0 Å². The van der Waals surface area contributed by atoms with E-state index < -0.39 is 0 Å². The summed E-state index contributed by atoms with van der Waals surface area (Å²) in [5.41, 5.74) is 0.748. The Bertz CT molecular complexity index is 719. The monoisotopic (exact) mass is 361 g/mol. The van der Waals surface area contributed by atoms with Crippen molar-refractivity contribution in [2.24, 2.45) is 0 Å². The quantitative estimate of drug-likeness (QED) is 0.678. The molecule has 6 heteroatoms. The van der Waals surface area contributed by atoms with E-state index in [1.165, 1.54) is 4.88 Å². The van der Waals surface area contributed by atoms with Crippen LogP contribution in [-0.2, 0) is 17.9 Å². The van der Waals surface area contributed by atoms with Crippen molar-refractivity contribution in [3.63, 3.8) is 0 Å². The number of furan rings is 1. The molecule has 2 aromatic heterocycles. The predicted octanol–water partition coefficient (Wildman–Crippen LogP) is 3.22. The topological polar surface area (TPSA) is 46.7 Å². The highest BCUT2D eigenvalue weighted by atomic mass is 35.5. The summed E-state index contributed by atoms with van der Waals surface area (Å²) in [4.78, 5) is 14.7. The van der Waals surface area contributed by atoms with Crippen LogP contribution in [0.25, 0.3) is 0 Å². The normalized spacial score (nSPS) is 12.0. The highest BCUT2D eigenvalue weighted by Gasteiger charge is 2.17. The highest BCUT2D eigenvalue weighted by Crippen LogP contribution is 2.13. The number of carbonyl (C=O) groups excluding carboxylic acids is 1. The molecular weight excluding hydrogens is 344 g/mol. The number of carbonyl (C=O) groups is 1. The van der Waals surface area contributed by atoms with Crippen LogP contribution in [0.15, 0.2) is 64.6 Å². The van der Waals surface area contributed by atoms with Crippen LogP contribution in [0.3, 0.4) is 0 Å². The molecule has 0 saturated heterocycles. The van der Waals surface area contributed by atoms with Crippen molar-refractivity contribution in [3.05, 3.63) is 75.8 Å². The average molecular weight is 362 g/mol. The summed E-state index contributed by atoms with van der Waals surface area (Å²) in [6.07, 6.45) is 1.66. The van der Waals surface area contributed by atoms with Gasteiger partial charge in [0, 0.05) is 10.7 Å². The minimum Gasteiger partial charge on any atom is -0.463 e. The van der Waals surface area contributed by atoms with Gasteiger partial charge in [0.15, 0.2) is 12.3 Å². The Morgan fingerprint density at radius 2 is 1.96 bits per heavy atom. The molecule has 0 radical (unpaired) electrons. The fourth-order valence-electron chi connectivity index (χ4n) is 2.47. The molecule has 3 aromatic rings. The maximum absolute atomic E-state index is 12.4. The zero-order chi connectivity index (χ0) is 16.8. The number of amides is 1. The zero-order valence-electron chi connectivity index (χ0n) is 13.0. The molecule has 2 N–H and O–H groups in total. The van der Waals surface area contributed by atoms with E-state index in [4.69, 9.17) is 16.0 Å². The number of thiophene rings is 1. The second kappa shape index (κ2) is 8.15. The summed E-state index contributed by atoms with van der Waals surface area (Å²) < 4.78 is 5.43. The van der Waals surface area contributed by atoms with Crippen LogP contribution in [0.1, 0.15) is 10.6 Å². The molecule has 0 fully saturated rings. The Labute approximate surface area is 149 Å². The van der Waals surface area contributed by atoms with Gasteiger partial charge in [0.25, 0.3) is 5.91 Å². The van der Waals surface area contributed by atoms with Gasteiger partial charge in [0.05, 0.1) is 11.1 Å². The van der Waals surface area contributed by atoms with E-state index >= 15 is 0 Å². The molecule has 0 saturated carbocycles. The molecule has 0 aliphatic heterocycles. The fraction of sp³-hybridized carbons (Fsp3) is 0.167. The summed E-state index contributed by atoms with van der Waals surface area (Å²) in [6.45, 7) is 1.81. The Kier molecular flexibility index (Phi) is 5.69. The maximum Gasteiger partial charge on any atom is 0.279 e. The van der Waals surface area contributed by atoms with Crippen molar-refractivity contribution < 1.29 is 14.1 Å². The molecule has 1 unspecified atom stereocenters. The van der Waals surface area contributed by atoms with E-state index in [2.05, 4.69) is 11.4 Å². The molecule has 24 heavy (non-hydrogen) atoms. The molecule has 4 nitrogen and oxygen atoms in total. The van der Waals surface area contributed by atoms with Gasteiger partial charge in [-0.1, -0.05) is 17.7 Å². The smallest absolute Gasteiger partial charge is 0.279 e. The van der Waals surface area contributed by atoms with Crippen molar-refractivity contribution in [1.82, 2.24) is 0 Å². The maximum atomic E-state index is 12.4. The lowest BCUT2D eigenvalue weighted by Gasteiger charge is -2.17. The van der Waals surface area contributed by atoms with Crippen molar-refractivity contribution in [3.8, 4) is 0 Å². The van der Waals surface area contributed by atoms with Crippen LogP contribution < -0.4 is 10.2 Å². The number of nitrogens with one attached hydrogen (secondary N) is 2. The Balaban J connectivity index is 1.63.